The predicted octanol–water partition coefficient (Wildman–Crippen LogP) is 2.41. The van der Waals surface area contributed by atoms with Crippen LogP contribution in [0.15, 0.2) is 16.7 Å². The van der Waals surface area contributed by atoms with Gasteiger partial charge in [0, 0.05) is 17.6 Å². The maximum absolute atomic E-state index is 10.8. The third kappa shape index (κ3) is 1.91. The fourth-order valence-electron chi connectivity index (χ4n) is 1.00. The summed E-state index contributed by atoms with van der Waals surface area (Å²) in [6.45, 7) is 1.45. The first kappa shape index (κ1) is 9.54. The number of rotatable bonds is 1. The molecular formula is C8H6BrN3OS. The quantitative estimate of drug-likeness (QED) is 0.867. The molecule has 0 aliphatic carbocycles. The number of pyridine rings is 1. The molecule has 4 nitrogen and oxygen atoms in total. The second-order valence-corrected chi connectivity index (χ2v) is 4.57. The SMILES string of the molecule is CC(=O)Nc1nc2cc(Br)cnc2s1. The largest absolute Gasteiger partial charge is 0.302 e. The van der Waals surface area contributed by atoms with E-state index in [1.54, 1.807) is 6.20 Å². The van der Waals surface area contributed by atoms with Gasteiger partial charge in [0.1, 0.15) is 10.3 Å². The molecule has 72 valence electrons. The number of hydrogen-bond acceptors (Lipinski definition) is 4. The van der Waals surface area contributed by atoms with Crippen LogP contribution < -0.4 is 5.32 Å². The summed E-state index contributed by atoms with van der Waals surface area (Å²) in [6, 6.07) is 1.87. The average Bonchev–Trinajstić information content (AvgIpc) is 2.44. The molecule has 2 aromatic rings. The van der Waals surface area contributed by atoms with Crippen LogP contribution in [-0.4, -0.2) is 15.9 Å². The summed E-state index contributed by atoms with van der Waals surface area (Å²) in [4.78, 5) is 20.0. The van der Waals surface area contributed by atoms with Gasteiger partial charge in [0.25, 0.3) is 0 Å². The highest BCUT2D eigenvalue weighted by Gasteiger charge is 2.05. The minimum atomic E-state index is -0.122. The number of carbonyl (C=O) groups is 1. The summed E-state index contributed by atoms with van der Waals surface area (Å²) in [5.74, 6) is -0.122. The Bertz CT molecular complexity index is 496. The molecule has 2 rings (SSSR count). The molecule has 0 aliphatic rings. The fourth-order valence-corrected chi connectivity index (χ4v) is 2.16. The third-order valence-electron chi connectivity index (χ3n) is 1.50. The van der Waals surface area contributed by atoms with Crippen LogP contribution in [0.2, 0.25) is 0 Å². The molecule has 0 atom stereocenters. The summed E-state index contributed by atoms with van der Waals surface area (Å²) in [5.41, 5.74) is 0.785. The number of thiazole rings is 1. The predicted molar refractivity (Wildman–Crippen MR) is 59.4 cm³/mol. The Morgan fingerprint density at radius 2 is 2.43 bits per heavy atom. The van der Waals surface area contributed by atoms with Crippen molar-refractivity contribution in [1.29, 1.82) is 0 Å². The van der Waals surface area contributed by atoms with Gasteiger partial charge in [0.05, 0.1) is 0 Å². The molecule has 1 N–H and O–H groups in total. The minimum absolute atomic E-state index is 0.122. The first-order valence-corrected chi connectivity index (χ1v) is 5.46. The Kier molecular flexibility index (Phi) is 2.47. The lowest BCUT2D eigenvalue weighted by Gasteiger charge is -1.91. The number of halogens is 1. The van der Waals surface area contributed by atoms with E-state index in [4.69, 9.17) is 0 Å². The molecule has 0 fully saturated rings. The first-order valence-electron chi connectivity index (χ1n) is 3.85. The van der Waals surface area contributed by atoms with Crippen molar-refractivity contribution in [3.05, 3.63) is 16.7 Å². The van der Waals surface area contributed by atoms with Crippen molar-refractivity contribution >= 4 is 48.7 Å². The zero-order chi connectivity index (χ0) is 10.1. The summed E-state index contributed by atoms with van der Waals surface area (Å²) in [5, 5.41) is 3.21. The van der Waals surface area contributed by atoms with Crippen LogP contribution in [0.3, 0.4) is 0 Å². The van der Waals surface area contributed by atoms with Gasteiger partial charge in [0.15, 0.2) is 5.13 Å². The number of anilines is 1. The maximum atomic E-state index is 10.8. The van der Waals surface area contributed by atoms with Gasteiger partial charge < -0.3 is 5.32 Å². The summed E-state index contributed by atoms with van der Waals surface area (Å²) < 4.78 is 0.879. The van der Waals surface area contributed by atoms with Crippen molar-refractivity contribution in [1.82, 2.24) is 9.97 Å². The number of hydrogen-bond donors (Lipinski definition) is 1. The lowest BCUT2D eigenvalue weighted by Crippen LogP contribution is -2.04. The Morgan fingerprint density at radius 1 is 1.64 bits per heavy atom. The van der Waals surface area contributed by atoms with Gasteiger partial charge in [-0.3, -0.25) is 4.79 Å². The molecule has 0 aromatic carbocycles. The van der Waals surface area contributed by atoms with Crippen LogP contribution in [0, 0.1) is 0 Å². The van der Waals surface area contributed by atoms with E-state index in [2.05, 4.69) is 31.2 Å². The monoisotopic (exact) mass is 271 g/mol. The number of aromatic nitrogens is 2. The van der Waals surface area contributed by atoms with E-state index in [1.807, 2.05) is 6.07 Å². The van der Waals surface area contributed by atoms with E-state index < -0.39 is 0 Å². The van der Waals surface area contributed by atoms with Gasteiger partial charge in [-0.25, -0.2) is 9.97 Å². The minimum Gasteiger partial charge on any atom is -0.302 e. The topological polar surface area (TPSA) is 54.9 Å². The van der Waals surface area contributed by atoms with Crippen molar-refractivity contribution in [2.75, 3.05) is 5.32 Å². The lowest BCUT2D eigenvalue weighted by atomic mass is 10.5. The van der Waals surface area contributed by atoms with Crippen LogP contribution in [-0.2, 0) is 4.79 Å². The van der Waals surface area contributed by atoms with E-state index in [9.17, 15) is 4.79 Å². The van der Waals surface area contributed by atoms with Crippen molar-refractivity contribution in [2.24, 2.45) is 0 Å². The number of fused-ring (bicyclic) bond motifs is 1. The number of amides is 1. The van der Waals surface area contributed by atoms with Crippen LogP contribution in [0.25, 0.3) is 10.3 Å². The van der Waals surface area contributed by atoms with Crippen molar-refractivity contribution in [2.45, 2.75) is 6.92 Å². The van der Waals surface area contributed by atoms with Crippen LogP contribution in [0.1, 0.15) is 6.92 Å². The van der Waals surface area contributed by atoms with Gasteiger partial charge in [-0.1, -0.05) is 11.3 Å². The van der Waals surface area contributed by atoms with Crippen molar-refractivity contribution in [3.8, 4) is 0 Å². The third-order valence-corrected chi connectivity index (χ3v) is 2.83. The Labute approximate surface area is 92.5 Å². The number of nitrogens with zero attached hydrogens (tertiary/aromatic N) is 2. The van der Waals surface area contributed by atoms with Crippen LogP contribution in [0.4, 0.5) is 5.13 Å². The van der Waals surface area contributed by atoms with Crippen LogP contribution >= 0.6 is 27.3 Å². The molecule has 0 bridgehead atoms. The zero-order valence-corrected chi connectivity index (χ0v) is 9.65. The van der Waals surface area contributed by atoms with E-state index >= 15 is 0 Å². The van der Waals surface area contributed by atoms with Crippen molar-refractivity contribution in [3.63, 3.8) is 0 Å². The van der Waals surface area contributed by atoms with Gasteiger partial charge in [-0.2, -0.15) is 0 Å². The lowest BCUT2D eigenvalue weighted by molar-refractivity contribution is -0.114. The molecule has 0 spiro atoms. The second kappa shape index (κ2) is 3.62. The molecule has 1 amide bonds. The standard InChI is InChI=1S/C8H6BrN3OS/c1-4(13)11-8-12-6-2-5(9)3-10-7(6)14-8/h2-3H,1H3,(H,11,12,13). The van der Waals surface area contributed by atoms with Crippen LogP contribution in [0.5, 0.6) is 0 Å². The summed E-state index contributed by atoms with van der Waals surface area (Å²) in [6.07, 6.45) is 1.71. The normalized spacial score (nSPS) is 10.4. The molecule has 0 saturated heterocycles. The second-order valence-electron chi connectivity index (χ2n) is 2.68. The van der Waals surface area contributed by atoms with Gasteiger partial charge in [-0.15, -0.1) is 0 Å². The first-order chi connectivity index (χ1) is 6.65. The maximum Gasteiger partial charge on any atom is 0.223 e. The highest BCUT2D eigenvalue weighted by molar-refractivity contribution is 9.10. The Morgan fingerprint density at radius 3 is 3.14 bits per heavy atom. The molecule has 14 heavy (non-hydrogen) atoms. The molecule has 0 radical (unpaired) electrons. The van der Waals surface area contributed by atoms with Gasteiger partial charge >= 0.3 is 0 Å². The molecular weight excluding hydrogens is 266 g/mol. The van der Waals surface area contributed by atoms with Crippen molar-refractivity contribution < 1.29 is 4.79 Å². The smallest absolute Gasteiger partial charge is 0.223 e. The number of carbonyl (C=O) groups excluding carboxylic acids is 1. The van der Waals surface area contributed by atoms with E-state index in [-0.39, 0.29) is 5.91 Å². The molecule has 6 heteroatoms. The highest BCUT2D eigenvalue weighted by Crippen LogP contribution is 2.25. The zero-order valence-electron chi connectivity index (χ0n) is 7.24. The Hall–Kier alpha value is -1.01. The number of nitrogens with one attached hydrogen (secondary N) is 1. The van der Waals surface area contributed by atoms with E-state index in [1.165, 1.54) is 18.3 Å². The molecule has 2 heterocycles. The molecule has 0 aliphatic heterocycles. The molecule has 2 aromatic heterocycles. The Balaban J connectivity index is 2.46. The fraction of sp³-hybridized carbons (Fsp3) is 0.125. The van der Waals surface area contributed by atoms with Gasteiger partial charge in [0.2, 0.25) is 5.91 Å². The van der Waals surface area contributed by atoms with E-state index in [0.29, 0.717) is 5.13 Å². The van der Waals surface area contributed by atoms with Gasteiger partial charge in [-0.05, 0) is 22.0 Å². The average molecular weight is 272 g/mol. The summed E-state index contributed by atoms with van der Waals surface area (Å²) >= 11 is 4.67. The summed E-state index contributed by atoms with van der Waals surface area (Å²) in [7, 11) is 0. The highest BCUT2D eigenvalue weighted by atomic mass is 79.9. The molecule has 0 saturated carbocycles. The molecule has 0 unspecified atom stereocenters. The van der Waals surface area contributed by atoms with E-state index in [0.717, 1.165) is 14.8 Å².